The number of hydrogen-bond donors (Lipinski definition) is 2. The largest absolute Gasteiger partial charge is 0.368 e. The van der Waals surface area contributed by atoms with Crippen molar-refractivity contribution < 1.29 is 9.18 Å². The summed E-state index contributed by atoms with van der Waals surface area (Å²) in [4.78, 5) is 28.9. The van der Waals surface area contributed by atoms with Crippen molar-refractivity contribution in [1.82, 2.24) is 19.9 Å². The second-order valence-corrected chi connectivity index (χ2v) is 8.97. The van der Waals surface area contributed by atoms with Crippen LogP contribution < -0.4 is 10.2 Å². The fourth-order valence-corrected chi connectivity index (χ4v) is 4.79. The van der Waals surface area contributed by atoms with Gasteiger partial charge in [0.25, 0.3) is 0 Å². The first-order valence-corrected chi connectivity index (χ1v) is 11.8. The number of benzene rings is 2. The summed E-state index contributed by atoms with van der Waals surface area (Å²) in [6, 6.07) is 14.2. The number of nitrogens with one attached hydrogen (secondary N) is 2. The van der Waals surface area contributed by atoms with Gasteiger partial charge in [0.2, 0.25) is 5.91 Å². The minimum atomic E-state index is -0.246. The quantitative estimate of drug-likeness (QED) is 0.409. The lowest BCUT2D eigenvalue weighted by Gasteiger charge is -2.36. The van der Waals surface area contributed by atoms with Crippen LogP contribution in [0.4, 0.5) is 21.0 Å². The molecule has 0 saturated carbocycles. The van der Waals surface area contributed by atoms with Crippen molar-refractivity contribution in [3.8, 4) is 0 Å². The van der Waals surface area contributed by atoms with Crippen molar-refractivity contribution in [3.63, 3.8) is 0 Å². The molecule has 0 spiro atoms. The lowest BCUT2D eigenvalue weighted by atomic mass is 10.2. The molecular formula is C23H21FN6OS2. The maximum atomic E-state index is 13.1. The molecule has 5 rings (SSSR count). The summed E-state index contributed by atoms with van der Waals surface area (Å²) >= 11 is 6.66. The van der Waals surface area contributed by atoms with Crippen LogP contribution in [-0.4, -0.2) is 51.9 Å². The normalized spacial score (nSPS) is 14.0. The predicted molar refractivity (Wildman–Crippen MR) is 131 cm³/mol. The minimum Gasteiger partial charge on any atom is -0.368 e. The third-order valence-electron chi connectivity index (χ3n) is 5.57. The number of fused-ring (bicyclic) bond motifs is 1. The van der Waals surface area contributed by atoms with Gasteiger partial charge >= 0.3 is 0 Å². The van der Waals surface area contributed by atoms with Gasteiger partial charge in [0.1, 0.15) is 11.6 Å². The number of rotatable bonds is 5. The number of halogens is 1. The Morgan fingerprint density at radius 2 is 1.85 bits per heavy atom. The van der Waals surface area contributed by atoms with Gasteiger partial charge in [0, 0.05) is 42.6 Å². The molecule has 1 aliphatic heterocycles. The average Bonchev–Trinajstić information content (AvgIpc) is 3.26. The molecule has 2 N–H and O–H groups in total. The van der Waals surface area contributed by atoms with Crippen molar-refractivity contribution in [2.24, 2.45) is 0 Å². The number of carbonyl (C=O) groups excluding carboxylic acids is 1. The van der Waals surface area contributed by atoms with E-state index in [4.69, 9.17) is 12.2 Å². The number of anilines is 3. The third-order valence-corrected chi connectivity index (χ3v) is 6.57. The van der Waals surface area contributed by atoms with Gasteiger partial charge in [-0.3, -0.25) is 4.79 Å². The van der Waals surface area contributed by atoms with E-state index in [0.717, 1.165) is 22.3 Å². The van der Waals surface area contributed by atoms with Crippen LogP contribution in [0.25, 0.3) is 10.9 Å². The second-order valence-electron chi connectivity index (χ2n) is 7.73. The topological polar surface area (TPSA) is 77.1 Å². The molecule has 0 radical (unpaired) electrons. The lowest BCUT2D eigenvalue weighted by Crippen LogP contribution is -2.49. The fraction of sp³-hybridized carbons (Fsp3) is 0.217. The molecule has 1 fully saturated rings. The molecule has 168 valence electrons. The molecule has 1 aliphatic rings. The van der Waals surface area contributed by atoms with E-state index >= 15 is 0 Å². The Morgan fingerprint density at radius 3 is 2.64 bits per heavy atom. The SMILES string of the molecule is O=C(Cc1csc(Nc2nc(=S)[nH]c3ccccc23)n1)N1CCN(c2ccc(F)cc2)CC1. The van der Waals surface area contributed by atoms with Gasteiger partial charge in [0.05, 0.1) is 17.6 Å². The summed E-state index contributed by atoms with van der Waals surface area (Å²) in [6.07, 6.45) is 0.248. The summed E-state index contributed by atoms with van der Waals surface area (Å²) in [5.41, 5.74) is 2.59. The maximum Gasteiger partial charge on any atom is 0.228 e. The number of aromatic nitrogens is 3. The van der Waals surface area contributed by atoms with E-state index in [1.807, 2.05) is 34.5 Å². The van der Waals surface area contributed by atoms with E-state index in [1.54, 1.807) is 12.1 Å². The van der Waals surface area contributed by atoms with Crippen molar-refractivity contribution in [3.05, 3.63) is 70.2 Å². The van der Waals surface area contributed by atoms with Crippen molar-refractivity contribution in [2.45, 2.75) is 6.42 Å². The number of piperazine rings is 1. The summed E-state index contributed by atoms with van der Waals surface area (Å²) in [6.45, 7) is 2.69. The molecule has 2 aromatic heterocycles. The van der Waals surface area contributed by atoms with E-state index in [9.17, 15) is 9.18 Å². The van der Waals surface area contributed by atoms with Gasteiger partial charge < -0.3 is 20.1 Å². The zero-order valence-electron chi connectivity index (χ0n) is 17.6. The summed E-state index contributed by atoms with van der Waals surface area (Å²) in [7, 11) is 0. The van der Waals surface area contributed by atoms with Gasteiger partial charge in [0.15, 0.2) is 9.90 Å². The van der Waals surface area contributed by atoms with Crippen LogP contribution in [0.3, 0.4) is 0 Å². The number of amides is 1. The van der Waals surface area contributed by atoms with Crippen LogP contribution in [0.2, 0.25) is 0 Å². The van der Waals surface area contributed by atoms with Crippen LogP contribution in [0.5, 0.6) is 0 Å². The number of carbonyl (C=O) groups is 1. The third kappa shape index (κ3) is 4.86. The Kier molecular flexibility index (Phi) is 6.01. The molecule has 2 aromatic carbocycles. The molecular weight excluding hydrogens is 459 g/mol. The number of aromatic amines is 1. The lowest BCUT2D eigenvalue weighted by molar-refractivity contribution is -0.130. The number of nitrogens with zero attached hydrogens (tertiary/aromatic N) is 4. The molecule has 1 saturated heterocycles. The zero-order valence-corrected chi connectivity index (χ0v) is 19.3. The highest BCUT2D eigenvalue weighted by molar-refractivity contribution is 7.71. The average molecular weight is 481 g/mol. The maximum absolute atomic E-state index is 13.1. The zero-order chi connectivity index (χ0) is 22.8. The van der Waals surface area contributed by atoms with Crippen molar-refractivity contribution >= 4 is 57.0 Å². The number of thiazole rings is 1. The molecule has 0 unspecified atom stereocenters. The molecule has 0 aliphatic carbocycles. The number of hydrogen-bond acceptors (Lipinski definition) is 7. The summed E-state index contributed by atoms with van der Waals surface area (Å²) < 4.78 is 13.5. The molecule has 3 heterocycles. The van der Waals surface area contributed by atoms with Gasteiger partial charge in [-0.15, -0.1) is 11.3 Å². The minimum absolute atomic E-state index is 0.0522. The highest BCUT2D eigenvalue weighted by Gasteiger charge is 2.22. The highest BCUT2D eigenvalue weighted by atomic mass is 32.1. The highest BCUT2D eigenvalue weighted by Crippen LogP contribution is 2.26. The van der Waals surface area contributed by atoms with Gasteiger partial charge in [-0.1, -0.05) is 12.1 Å². The Morgan fingerprint density at radius 1 is 1.09 bits per heavy atom. The molecule has 0 atom stereocenters. The van der Waals surface area contributed by atoms with Gasteiger partial charge in [-0.25, -0.2) is 14.4 Å². The van der Waals surface area contributed by atoms with Crippen LogP contribution in [-0.2, 0) is 11.2 Å². The fourth-order valence-electron chi connectivity index (χ4n) is 3.88. The van der Waals surface area contributed by atoms with Crippen molar-refractivity contribution in [2.75, 3.05) is 36.4 Å². The van der Waals surface area contributed by atoms with E-state index in [1.165, 1.54) is 23.5 Å². The standard InChI is InChI=1S/C23H21FN6OS2/c24-15-5-7-17(8-6-15)29-9-11-30(12-10-29)20(31)13-16-14-33-23(25-16)28-21-18-3-1-2-4-19(18)26-22(32)27-21/h1-8,14H,9-13H2,(H2,25,26,27,28,32). The predicted octanol–water partition coefficient (Wildman–Crippen LogP) is 4.52. The van der Waals surface area contributed by atoms with E-state index < -0.39 is 0 Å². The van der Waals surface area contributed by atoms with Crippen LogP contribution >= 0.6 is 23.6 Å². The van der Waals surface area contributed by atoms with Crippen molar-refractivity contribution in [1.29, 1.82) is 0 Å². The van der Waals surface area contributed by atoms with Crippen LogP contribution in [0, 0.1) is 10.6 Å². The van der Waals surface area contributed by atoms with Gasteiger partial charge in [-0.2, -0.15) is 0 Å². The van der Waals surface area contributed by atoms with E-state index in [0.29, 0.717) is 41.9 Å². The molecule has 4 aromatic rings. The van der Waals surface area contributed by atoms with Gasteiger partial charge in [-0.05, 0) is 48.6 Å². The first kappa shape index (κ1) is 21.5. The van der Waals surface area contributed by atoms with Crippen LogP contribution in [0.15, 0.2) is 53.9 Å². The Hall–Kier alpha value is -3.37. The summed E-state index contributed by atoms with van der Waals surface area (Å²) in [5, 5.41) is 6.71. The first-order chi connectivity index (χ1) is 16.0. The van der Waals surface area contributed by atoms with E-state index in [2.05, 4.69) is 25.2 Å². The van der Waals surface area contributed by atoms with Crippen LogP contribution in [0.1, 0.15) is 5.69 Å². The first-order valence-electron chi connectivity index (χ1n) is 10.5. The molecule has 10 heteroatoms. The Bertz CT molecular complexity index is 1350. The number of para-hydroxylation sites is 1. The summed E-state index contributed by atoms with van der Waals surface area (Å²) in [5.74, 6) is 0.443. The molecule has 1 amide bonds. The van der Waals surface area contributed by atoms with E-state index in [-0.39, 0.29) is 18.1 Å². The molecule has 7 nitrogen and oxygen atoms in total. The molecule has 0 bridgehead atoms. The monoisotopic (exact) mass is 480 g/mol. The Labute approximate surface area is 198 Å². The number of H-pyrrole nitrogens is 1. The smallest absolute Gasteiger partial charge is 0.228 e. The molecule has 33 heavy (non-hydrogen) atoms. The Balaban J connectivity index is 1.20. The second kappa shape index (κ2) is 9.24.